The van der Waals surface area contributed by atoms with Gasteiger partial charge in [0, 0.05) is 18.1 Å². The molecule has 140 valence electrons. The lowest BCUT2D eigenvalue weighted by atomic mass is 9.99. The van der Waals surface area contributed by atoms with Gasteiger partial charge in [-0.3, -0.25) is 4.79 Å². The summed E-state index contributed by atoms with van der Waals surface area (Å²) in [4.78, 5) is 23.9. The van der Waals surface area contributed by atoms with Gasteiger partial charge in [-0.2, -0.15) is 5.26 Å². The molecule has 0 unspecified atom stereocenters. The molecule has 0 spiro atoms. The highest BCUT2D eigenvalue weighted by atomic mass is 16.4. The Balaban J connectivity index is 1.74. The lowest BCUT2D eigenvalue weighted by Crippen LogP contribution is -2.19. The molecule has 0 aliphatic carbocycles. The summed E-state index contributed by atoms with van der Waals surface area (Å²) in [5.41, 5.74) is 3.31. The molecule has 1 aromatic heterocycles. The zero-order chi connectivity index (χ0) is 20.4. The Morgan fingerprint density at radius 1 is 0.966 bits per heavy atom. The lowest BCUT2D eigenvalue weighted by Gasteiger charge is -2.13. The first-order valence-electron chi connectivity index (χ1n) is 9.02. The molecular weight excluding hydrogens is 364 g/mol. The lowest BCUT2D eigenvalue weighted by molar-refractivity contribution is 0.0695. The predicted octanol–water partition coefficient (Wildman–Crippen LogP) is 4.29. The standard InChI is InChI=1S/C24H16N2O3/c25-13-18-5-1-2-6-19(18)17-11-9-16(10-12-17)14-26-15-21(24(28)29)23(27)20-7-3-4-8-22(20)26/h1-12,15H,14H2,(H,28,29). The number of carboxylic acids is 1. The van der Waals surface area contributed by atoms with Crippen LogP contribution in [0.1, 0.15) is 21.5 Å². The number of pyridine rings is 1. The van der Waals surface area contributed by atoms with Crippen molar-refractivity contribution in [2.45, 2.75) is 6.54 Å². The summed E-state index contributed by atoms with van der Waals surface area (Å²) in [6, 6.07) is 24.4. The molecule has 0 bridgehead atoms. The van der Waals surface area contributed by atoms with E-state index < -0.39 is 11.4 Å². The molecule has 5 nitrogen and oxygen atoms in total. The van der Waals surface area contributed by atoms with E-state index in [4.69, 9.17) is 0 Å². The van der Waals surface area contributed by atoms with E-state index in [-0.39, 0.29) is 5.56 Å². The van der Waals surface area contributed by atoms with Gasteiger partial charge in [-0.1, -0.05) is 54.6 Å². The van der Waals surface area contributed by atoms with Gasteiger partial charge in [0.1, 0.15) is 5.56 Å². The molecule has 0 amide bonds. The molecule has 0 saturated carbocycles. The zero-order valence-electron chi connectivity index (χ0n) is 15.4. The van der Waals surface area contributed by atoms with Crippen LogP contribution in [0.5, 0.6) is 0 Å². The maximum atomic E-state index is 12.4. The molecule has 4 aromatic rings. The highest BCUT2D eigenvalue weighted by Gasteiger charge is 2.14. The highest BCUT2D eigenvalue weighted by Crippen LogP contribution is 2.24. The van der Waals surface area contributed by atoms with E-state index in [0.717, 1.165) is 16.7 Å². The summed E-state index contributed by atoms with van der Waals surface area (Å²) in [5, 5.41) is 19.1. The van der Waals surface area contributed by atoms with Gasteiger partial charge < -0.3 is 9.67 Å². The van der Waals surface area contributed by atoms with Crippen LogP contribution in [0.25, 0.3) is 22.0 Å². The predicted molar refractivity (Wildman–Crippen MR) is 111 cm³/mol. The van der Waals surface area contributed by atoms with E-state index >= 15 is 0 Å². The smallest absolute Gasteiger partial charge is 0.341 e. The van der Waals surface area contributed by atoms with E-state index in [1.165, 1.54) is 6.20 Å². The van der Waals surface area contributed by atoms with Crippen molar-refractivity contribution >= 4 is 16.9 Å². The summed E-state index contributed by atoms with van der Waals surface area (Å²) in [7, 11) is 0. The SMILES string of the molecule is N#Cc1ccccc1-c1ccc(Cn2cc(C(=O)O)c(=O)c3ccccc32)cc1. The molecule has 0 atom stereocenters. The van der Waals surface area contributed by atoms with Gasteiger partial charge in [-0.25, -0.2) is 4.79 Å². The number of rotatable bonds is 4. The van der Waals surface area contributed by atoms with Crippen LogP contribution in [0.15, 0.2) is 83.8 Å². The van der Waals surface area contributed by atoms with Gasteiger partial charge in [0.2, 0.25) is 5.43 Å². The van der Waals surface area contributed by atoms with E-state index in [0.29, 0.717) is 23.0 Å². The number of nitrogens with zero attached hydrogens (tertiary/aromatic N) is 2. The van der Waals surface area contributed by atoms with Crippen LogP contribution in [-0.2, 0) is 6.54 Å². The number of carboxylic acid groups (broad SMARTS) is 1. The Labute approximate surface area is 166 Å². The molecule has 3 aromatic carbocycles. The van der Waals surface area contributed by atoms with Gasteiger partial charge in [-0.05, 0) is 34.9 Å². The second-order valence-electron chi connectivity index (χ2n) is 6.68. The molecule has 0 radical (unpaired) electrons. The Bertz CT molecular complexity index is 1330. The molecular formula is C24H16N2O3. The molecule has 0 aliphatic heterocycles. The van der Waals surface area contributed by atoms with Crippen LogP contribution >= 0.6 is 0 Å². The molecule has 5 heteroatoms. The second kappa shape index (κ2) is 7.45. The monoisotopic (exact) mass is 380 g/mol. The van der Waals surface area contributed by atoms with Gasteiger partial charge in [0.05, 0.1) is 17.1 Å². The Morgan fingerprint density at radius 3 is 2.38 bits per heavy atom. The second-order valence-corrected chi connectivity index (χ2v) is 6.68. The minimum atomic E-state index is -1.24. The van der Waals surface area contributed by atoms with Crippen molar-refractivity contribution in [3.63, 3.8) is 0 Å². The van der Waals surface area contributed by atoms with Gasteiger partial charge in [-0.15, -0.1) is 0 Å². The largest absolute Gasteiger partial charge is 0.477 e. The van der Waals surface area contributed by atoms with Crippen molar-refractivity contribution < 1.29 is 9.90 Å². The number of hydrogen-bond acceptors (Lipinski definition) is 3. The number of nitriles is 1. The van der Waals surface area contributed by atoms with E-state index in [9.17, 15) is 20.0 Å². The maximum Gasteiger partial charge on any atom is 0.341 e. The van der Waals surface area contributed by atoms with Crippen molar-refractivity contribution in [1.29, 1.82) is 5.26 Å². The molecule has 1 N–H and O–H groups in total. The number of benzene rings is 3. The number of aromatic carboxylic acids is 1. The third-order valence-electron chi connectivity index (χ3n) is 4.88. The number of hydrogen-bond donors (Lipinski definition) is 1. The average Bonchev–Trinajstić information content (AvgIpc) is 2.76. The van der Waals surface area contributed by atoms with Crippen LogP contribution < -0.4 is 5.43 Å². The first kappa shape index (κ1) is 18.2. The highest BCUT2D eigenvalue weighted by molar-refractivity contribution is 5.92. The van der Waals surface area contributed by atoms with Crippen molar-refractivity contribution in [2.24, 2.45) is 0 Å². The summed E-state index contributed by atoms with van der Waals surface area (Å²) in [6.45, 7) is 0.418. The first-order chi connectivity index (χ1) is 14.1. The van der Waals surface area contributed by atoms with E-state index in [1.807, 2.05) is 48.5 Å². The van der Waals surface area contributed by atoms with E-state index in [1.54, 1.807) is 28.8 Å². The molecule has 0 saturated heterocycles. The van der Waals surface area contributed by atoms with Crippen molar-refractivity contribution in [3.8, 4) is 17.2 Å². The summed E-state index contributed by atoms with van der Waals surface area (Å²) in [6.07, 6.45) is 1.39. The van der Waals surface area contributed by atoms with Crippen molar-refractivity contribution in [1.82, 2.24) is 4.57 Å². The van der Waals surface area contributed by atoms with E-state index in [2.05, 4.69) is 6.07 Å². The minimum absolute atomic E-state index is 0.247. The minimum Gasteiger partial charge on any atom is -0.477 e. The Hall–Kier alpha value is -4.17. The summed E-state index contributed by atoms with van der Waals surface area (Å²) >= 11 is 0. The van der Waals surface area contributed by atoms with Crippen LogP contribution in [0.2, 0.25) is 0 Å². The van der Waals surface area contributed by atoms with Crippen LogP contribution in [0.3, 0.4) is 0 Å². The number of fused-ring (bicyclic) bond motifs is 1. The number of para-hydroxylation sites is 1. The average molecular weight is 380 g/mol. The molecule has 4 rings (SSSR count). The fraction of sp³-hybridized carbons (Fsp3) is 0.0417. The normalized spacial score (nSPS) is 10.6. The van der Waals surface area contributed by atoms with Gasteiger partial charge >= 0.3 is 5.97 Å². The summed E-state index contributed by atoms with van der Waals surface area (Å²) < 4.78 is 1.78. The molecule has 0 aliphatic rings. The van der Waals surface area contributed by atoms with Gasteiger partial charge in [0.25, 0.3) is 0 Å². The first-order valence-corrected chi connectivity index (χ1v) is 9.02. The third-order valence-corrected chi connectivity index (χ3v) is 4.88. The zero-order valence-corrected chi connectivity index (χ0v) is 15.4. The molecule has 0 fully saturated rings. The van der Waals surface area contributed by atoms with Crippen molar-refractivity contribution in [3.05, 3.63) is 106 Å². The Morgan fingerprint density at radius 2 is 1.66 bits per heavy atom. The fourth-order valence-electron chi connectivity index (χ4n) is 3.45. The third kappa shape index (κ3) is 3.40. The maximum absolute atomic E-state index is 12.4. The Kier molecular flexibility index (Phi) is 4.68. The summed E-state index contributed by atoms with van der Waals surface area (Å²) in [5.74, 6) is -1.24. The van der Waals surface area contributed by atoms with Crippen LogP contribution in [0, 0.1) is 11.3 Å². The number of carbonyl (C=O) groups is 1. The molecule has 29 heavy (non-hydrogen) atoms. The topological polar surface area (TPSA) is 83.1 Å². The van der Waals surface area contributed by atoms with Gasteiger partial charge in [0.15, 0.2) is 0 Å². The van der Waals surface area contributed by atoms with Crippen LogP contribution in [0.4, 0.5) is 0 Å². The van der Waals surface area contributed by atoms with Crippen molar-refractivity contribution in [2.75, 3.05) is 0 Å². The molecule has 1 heterocycles. The quantitative estimate of drug-likeness (QED) is 0.573. The van der Waals surface area contributed by atoms with Crippen LogP contribution in [-0.4, -0.2) is 15.6 Å². The number of aromatic nitrogens is 1. The fourth-order valence-corrected chi connectivity index (χ4v) is 3.45.